The molecule has 4 rings (SSSR count). The first kappa shape index (κ1) is 25.0. The van der Waals surface area contributed by atoms with E-state index in [0.29, 0.717) is 11.4 Å². The summed E-state index contributed by atoms with van der Waals surface area (Å²) < 4.78 is 7.11. The maximum absolute atomic E-state index is 13.6. The maximum Gasteiger partial charge on any atom is 0.257 e. The molecule has 3 aromatic rings. The number of nitrogens with one attached hydrogen (secondary N) is 1. The zero-order valence-corrected chi connectivity index (χ0v) is 21.6. The van der Waals surface area contributed by atoms with Crippen LogP contribution in [0.2, 0.25) is 10.0 Å². The highest BCUT2D eigenvalue weighted by atomic mass is 35.5. The van der Waals surface area contributed by atoms with Crippen LogP contribution < -0.4 is 15.0 Å². The van der Waals surface area contributed by atoms with Gasteiger partial charge in [-0.25, -0.2) is 4.90 Å². The first-order valence-corrected chi connectivity index (χ1v) is 11.9. The molecule has 182 valence electrons. The van der Waals surface area contributed by atoms with Crippen LogP contribution in [0.5, 0.6) is 5.75 Å². The lowest BCUT2D eigenvalue weighted by atomic mass is 10.1. The van der Waals surface area contributed by atoms with Gasteiger partial charge in [-0.2, -0.15) is 5.10 Å². The van der Waals surface area contributed by atoms with Crippen molar-refractivity contribution in [3.05, 3.63) is 70.0 Å². The number of methoxy groups -OCH3 is 1. The molecule has 1 aliphatic rings. The second-order valence-corrected chi connectivity index (χ2v) is 9.23. The molecule has 8 nitrogen and oxygen atoms in total. The summed E-state index contributed by atoms with van der Waals surface area (Å²) in [7, 11) is 3.38. The third-order valence-electron chi connectivity index (χ3n) is 5.73. The van der Waals surface area contributed by atoms with Crippen LogP contribution in [0.15, 0.2) is 48.7 Å². The number of benzene rings is 2. The summed E-state index contributed by atoms with van der Waals surface area (Å²) in [4.78, 5) is 29.4. The van der Waals surface area contributed by atoms with Crippen molar-refractivity contribution in [3.63, 3.8) is 0 Å². The van der Waals surface area contributed by atoms with E-state index >= 15 is 0 Å². The normalized spacial score (nSPS) is 15.5. The number of ether oxygens (including phenoxy) is 1. The first-order chi connectivity index (χ1) is 16.7. The van der Waals surface area contributed by atoms with Crippen molar-refractivity contribution in [1.29, 1.82) is 0 Å². The fourth-order valence-electron chi connectivity index (χ4n) is 4.04. The van der Waals surface area contributed by atoms with E-state index < -0.39 is 17.9 Å². The number of hydrogen-bond donors (Lipinski definition) is 1. The first-order valence-electron chi connectivity index (χ1n) is 10.7. The third kappa shape index (κ3) is 4.98. The Bertz CT molecular complexity index is 1290. The Hall–Kier alpha value is -3.14. The van der Waals surface area contributed by atoms with Crippen LogP contribution in [0.1, 0.15) is 17.7 Å². The number of imide groups is 1. The van der Waals surface area contributed by atoms with E-state index in [1.54, 1.807) is 41.0 Å². The fourth-order valence-corrected chi connectivity index (χ4v) is 4.91. The average molecular weight is 532 g/mol. The molecule has 1 atom stereocenters. The maximum atomic E-state index is 13.6. The Morgan fingerprint density at radius 3 is 2.51 bits per heavy atom. The highest BCUT2D eigenvalue weighted by molar-refractivity contribution is 7.80. The van der Waals surface area contributed by atoms with E-state index in [9.17, 15) is 9.59 Å². The van der Waals surface area contributed by atoms with Crippen molar-refractivity contribution in [2.75, 3.05) is 17.3 Å². The number of para-hydroxylation sites is 3. The molecule has 0 radical (unpaired) electrons. The lowest BCUT2D eigenvalue weighted by Gasteiger charge is -2.30. The smallest absolute Gasteiger partial charge is 0.257 e. The minimum absolute atomic E-state index is 0.0898. The van der Waals surface area contributed by atoms with Gasteiger partial charge in [-0.05, 0) is 43.4 Å². The van der Waals surface area contributed by atoms with E-state index in [-0.39, 0.29) is 33.8 Å². The van der Waals surface area contributed by atoms with Crippen LogP contribution in [-0.4, -0.2) is 44.8 Å². The summed E-state index contributed by atoms with van der Waals surface area (Å²) >= 11 is 18.4. The van der Waals surface area contributed by atoms with Gasteiger partial charge < -0.3 is 15.0 Å². The van der Waals surface area contributed by atoms with E-state index in [0.717, 1.165) is 16.2 Å². The number of anilines is 2. The number of carbonyl (C=O) groups excluding carboxylic acids is 2. The second-order valence-electron chi connectivity index (χ2n) is 8.03. The van der Waals surface area contributed by atoms with Crippen molar-refractivity contribution >= 4 is 63.7 Å². The minimum atomic E-state index is -0.871. The molecule has 0 saturated carbocycles. The summed E-state index contributed by atoms with van der Waals surface area (Å²) in [5.41, 5.74) is 2.47. The summed E-state index contributed by atoms with van der Waals surface area (Å²) in [5, 5.41) is 8.24. The number of carbonyl (C=O) groups is 2. The highest BCUT2D eigenvalue weighted by Gasteiger charge is 2.45. The minimum Gasteiger partial charge on any atom is -0.495 e. The Morgan fingerprint density at radius 1 is 1.20 bits per heavy atom. The Balaban J connectivity index is 1.70. The summed E-state index contributed by atoms with van der Waals surface area (Å²) in [6.07, 6.45) is 1.77. The van der Waals surface area contributed by atoms with Crippen LogP contribution >= 0.6 is 35.4 Å². The molecule has 1 fully saturated rings. The molecule has 1 aromatic heterocycles. The summed E-state index contributed by atoms with van der Waals surface area (Å²) in [6.45, 7) is 2.14. The topological polar surface area (TPSA) is 79.7 Å². The zero-order valence-electron chi connectivity index (χ0n) is 19.3. The van der Waals surface area contributed by atoms with Gasteiger partial charge in [-0.3, -0.25) is 14.3 Å². The molecule has 2 amide bonds. The lowest BCUT2D eigenvalue weighted by Crippen LogP contribution is -2.46. The van der Waals surface area contributed by atoms with Gasteiger partial charge >= 0.3 is 0 Å². The number of amides is 2. The standard InChI is InChI=1S/C24H23Cl2N5O3S/c1-14-15(12-29(2)28-14)13-30(24(35)27-18-9-4-5-10-20(18)34-3)19-11-21(32)31(23(19)33)22-16(25)7-6-8-17(22)26/h4-10,12,19H,11,13H2,1-3H3,(H,27,35)/t19-/m1/s1. The number of thiocarbonyl (C=S) groups is 1. The van der Waals surface area contributed by atoms with Crippen LogP contribution in [-0.2, 0) is 23.2 Å². The van der Waals surface area contributed by atoms with Crippen LogP contribution in [0.4, 0.5) is 11.4 Å². The summed E-state index contributed by atoms with van der Waals surface area (Å²) in [5.74, 6) is -0.288. The van der Waals surface area contributed by atoms with E-state index in [1.807, 2.05) is 38.4 Å². The molecule has 0 spiro atoms. The van der Waals surface area contributed by atoms with Gasteiger partial charge in [0.25, 0.3) is 5.91 Å². The predicted molar refractivity (Wildman–Crippen MR) is 140 cm³/mol. The number of aromatic nitrogens is 2. The SMILES string of the molecule is COc1ccccc1NC(=S)N(Cc1cn(C)nc1C)[C@@H]1CC(=O)N(c2c(Cl)cccc2Cl)C1=O. The molecule has 0 aliphatic carbocycles. The molecular weight excluding hydrogens is 509 g/mol. The average Bonchev–Trinajstić information content (AvgIpc) is 3.29. The van der Waals surface area contributed by atoms with Crippen LogP contribution in [0.3, 0.4) is 0 Å². The second kappa shape index (κ2) is 10.2. The van der Waals surface area contributed by atoms with Crippen molar-refractivity contribution in [1.82, 2.24) is 14.7 Å². The van der Waals surface area contributed by atoms with Crippen LogP contribution in [0.25, 0.3) is 0 Å². The molecule has 11 heteroatoms. The Morgan fingerprint density at radius 2 is 1.89 bits per heavy atom. The Labute approximate surface area is 218 Å². The van der Waals surface area contributed by atoms with Crippen molar-refractivity contribution < 1.29 is 14.3 Å². The number of hydrogen-bond acceptors (Lipinski definition) is 5. The molecule has 1 saturated heterocycles. The van der Waals surface area contributed by atoms with Crippen molar-refractivity contribution in [2.24, 2.45) is 7.05 Å². The van der Waals surface area contributed by atoms with Gasteiger partial charge in [0.2, 0.25) is 5.91 Å². The van der Waals surface area contributed by atoms with Gasteiger partial charge in [0.1, 0.15) is 11.8 Å². The molecular formula is C24H23Cl2N5O3S. The van der Waals surface area contributed by atoms with Crippen molar-refractivity contribution in [3.8, 4) is 5.75 Å². The number of nitrogens with zero attached hydrogens (tertiary/aromatic N) is 4. The predicted octanol–water partition coefficient (Wildman–Crippen LogP) is 4.58. The zero-order chi connectivity index (χ0) is 25.3. The van der Waals surface area contributed by atoms with Crippen molar-refractivity contribution in [2.45, 2.75) is 25.9 Å². The molecule has 0 bridgehead atoms. The van der Waals surface area contributed by atoms with Gasteiger partial charge in [-0.15, -0.1) is 0 Å². The number of rotatable bonds is 6. The monoisotopic (exact) mass is 531 g/mol. The van der Waals surface area contributed by atoms with Gasteiger partial charge in [0.15, 0.2) is 5.11 Å². The van der Waals surface area contributed by atoms with Gasteiger partial charge in [0, 0.05) is 25.4 Å². The molecule has 0 unspecified atom stereocenters. The van der Waals surface area contributed by atoms with Gasteiger partial charge in [-0.1, -0.05) is 41.4 Å². The molecule has 1 N–H and O–H groups in total. The number of halogens is 2. The van der Waals surface area contributed by atoms with Gasteiger partial charge in [0.05, 0.1) is 40.6 Å². The van der Waals surface area contributed by atoms with E-state index in [2.05, 4.69) is 10.4 Å². The molecule has 2 heterocycles. The molecule has 2 aromatic carbocycles. The quantitative estimate of drug-likeness (QED) is 0.368. The van der Waals surface area contributed by atoms with E-state index in [1.165, 1.54) is 0 Å². The van der Waals surface area contributed by atoms with E-state index in [4.69, 9.17) is 40.2 Å². The number of aryl methyl sites for hydroxylation is 2. The highest BCUT2D eigenvalue weighted by Crippen LogP contribution is 2.38. The van der Waals surface area contributed by atoms with Crippen LogP contribution in [0, 0.1) is 6.92 Å². The Kier molecular flexibility index (Phi) is 7.30. The lowest BCUT2D eigenvalue weighted by molar-refractivity contribution is -0.122. The summed E-state index contributed by atoms with van der Waals surface area (Å²) in [6, 6.07) is 11.2. The third-order valence-corrected chi connectivity index (χ3v) is 6.67. The fraction of sp³-hybridized carbons (Fsp3) is 0.250. The largest absolute Gasteiger partial charge is 0.495 e. The molecule has 1 aliphatic heterocycles. The molecule has 35 heavy (non-hydrogen) atoms.